The largest absolute Gasteiger partial charge is 0.494 e. The van der Waals surface area contributed by atoms with Crippen LogP contribution in [0.15, 0.2) is 47.1 Å². The number of carbonyl (C=O) groups is 3. The van der Waals surface area contributed by atoms with E-state index in [-0.39, 0.29) is 30.7 Å². The summed E-state index contributed by atoms with van der Waals surface area (Å²) >= 11 is 0. The highest BCUT2D eigenvalue weighted by Crippen LogP contribution is 2.29. The van der Waals surface area contributed by atoms with Crippen LogP contribution in [0.25, 0.3) is 0 Å². The molecule has 0 saturated carbocycles. The highest BCUT2D eigenvalue weighted by atomic mass is 16.5. The Hall–Kier alpha value is -3.13. The van der Waals surface area contributed by atoms with Crippen molar-refractivity contribution in [2.45, 2.75) is 38.3 Å². The number of hydrogen-bond donors (Lipinski definition) is 0. The van der Waals surface area contributed by atoms with E-state index in [0.29, 0.717) is 24.7 Å². The molecule has 8 nitrogen and oxygen atoms in total. The zero-order valence-corrected chi connectivity index (χ0v) is 16.8. The minimum Gasteiger partial charge on any atom is -0.494 e. The van der Waals surface area contributed by atoms with Gasteiger partial charge < -0.3 is 18.8 Å². The predicted octanol–water partition coefficient (Wildman–Crippen LogP) is 2.63. The van der Waals surface area contributed by atoms with Crippen molar-refractivity contribution in [3.8, 4) is 5.75 Å². The van der Waals surface area contributed by atoms with Gasteiger partial charge in [-0.15, -0.1) is 0 Å². The molecule has 3 amide bonds. The second-order valence-corrected chi connectivity index (χ2v) is 7.28. The van der Waals surface area contributed by atoms with Crippen molar-refractivity contribution in [2.24, 2.45) is 0 Å². The molecule has 3 heterocycles. The van der Waals surface area contributed by atoms with Crippen LogP contribution in [0.4, 0.5) is 5.69 Å². The summed E-state index contributed by atoms with van der Waals surface area (Å²) in [6.45, 7) is 3.27. The Bertz CT molecular complexity index is 902. The molecule has 30 heavy (non-hydrogen) atoms. The van der Waals surface area contributed by atoms with Crippen LogP contribution in [0.5, 0.6) is 5.75 Å². The van der Waals surface area contributed by atoms with E-state index in [1.54, 1.807) is 36.4 Å². The Labute approximate surface area is 174 Å². The molecule has 0 aliphatic carbocycles. The van der Waals surface area contributed by atoms with Crippen LogP contribution in [0, 0.1) is 0 Å². The first-order valence-electron chi connectivity index (χ1n) is 10.1. The maximum absolute atomic E-state index is 13.2. The highest BCUT2D eigenvalue weighted by Gasteiger charge is 2.45. The van der Waals surface area contributed by atoms with E-state index in [2.05, 4.69) is 0 Å². The van der Waals surface area contributed by atoms with Crippen molar-refractivity contribution in [2.75, 3.05) is 24.7 Å². The topological polar surface area (TPSA) is 89.3 Å². The molecule has 8 heteroatoms. The maximum Gasteiger partial charge on any atom is 0.290 e. The van der Waals surface area contributed by atoms with E-state index in [0.717, 1.165) is 17.7 Å². The lowest BCUT2D eigenvalue weighted by molar-refractivity contribution is -0.122. The van der Waals surface area contributed by atoms with E-state index in [1.807, 2.05) is 6.92 Å². The molecule has 2 fully saturated rings. The number of anilines is 1. The summed E-state index contributed by atoms with van der Waals surface area (Å²) in [5.41, 5.74) is 0.457. The monoisotopic (exact) mass is 412 g/mol. The quantitative estimate of drug-likeness (QED) is 0.650. The van der Waals surface area contributed by atoms with Gasteiger partial charge in [-0.2, -0.15) is 0 Å². The summed E-state index contributed by atoms with van der Waals surface area (Å²) in [4.78, 5) is 41.6. The Morgan fingerprint density at radius 1 is 1.23 bits per heavy atom. The minimum atomic E-state index is -0.897. The lowest BCUT2D eigenvalue weighted by Crippen LogP contribution is -2.48. The molecule has 0 bridgehead atoms. The fourth-order valence-corrected chi connectivity index (χ4v) is 3.89. The van der Waals surface area contributed by atoms with Crippen LogP contribution in [-0.2, 0) is 14.3 Å². The first kappa shape index (κ1) is 20.2. The number of carbonyl (C=O) groups excluding carboxylic acids is 3. The van der Waals surface area contributed by atoms with E-state index < -0.39 is 17.9 Å². The number of ether oxygens (including phenoxy) is 2. The van der Waals surface area contributed by atoms with E-state index >= 15 is 0 Å². The molecular weight excluding hydrogens is 388 g/mol. The number of imide groups is 1. The maximum atomic E-state index is 13.2. The molecule has 0 N–H and O–H groups in total. The zero-order chi connectivity index (χ0) is 21.1. The smallest absolute Gasteiger partial charge is 0.290 e. The van der Waals surface area contributed by atoms with Gasteiger partial charge in [-0.1, -0.05) is 0 Å². The summed E-state index contributed by atoms with van der Waals surface area (Å²) in [7, 11) is 0. The standard InChI is InChI=1S/C22H24N2O6/c1-2-28-16-9-7-15(8-10-16)24-20(25)13-18(21(24)26)23(14-17-5-3-11-29-17)22(27)19-6-4-12-30-19/h4,6-10,12,17-18H,2-3,5,11,13-14H2,1H3. The molecule has 0 radical (unpaired) electrons. The third kappa shape index (κ3) is 3.95. The van der Waals surface area contributed by atoms with Crippen molar-refractivity contribution < 1.29 is 28.3 Å². The molecule has 1 aromatic heterocycles. The third-order valence-corrected chi connectivity index (χ3v) is 5.32. The van der Waals surface area contributed by atoms with E-state index in [1.165, 1.54) is 11.2 Å². The number of furan rings is 1. The van der Waals surface area contributed by atoms with Crippen molar-refractivity contribution >= 4 is 23.4 Å². The molecule has 2 aliphatic heterocycles. The summed E-state index contributed by atoms with van der Waals surface area (Å²) in [5.74, 6) is -0.409. The number of amides is 3. The van der Waals surface area contributed by atoms with Gasteiger partial charge in [0.05, 0.1) is 31.1 Å². The fraction of sp³-hybridized carbons (Fsp3) is 0.409. The fourth-order valence-electron chi connectivity index (χ4n) is 3.89. The Morgan fingerprint density at radius 3 is 2.67 bits per heavy atom. The molecule has 2 atom stereocenters. The molecule has 2 saturated heterocycles. The number of benzene rings is 1. The molecule has 158 valence electrons. The Morgan fingerprint density at radius 2 is 2.03 bits per heavy atom. The molecule has 2 aliphatic rings. The van der Waals surface area contributed by atoms with Crippen molar-refractivity contribution in [1.29, 1.82) is 0 Å². The van der Waals surface area contributed by atoms with Gasteiger partial charge in [0.2, 0.25) is 5.91 Å². The average molecular weight is 412 g/mol. The van der Waals surface area contributed by atoms with Gasteiger partial charge in [0, 0.05) is 13.2 Å². The number of nitrogens with zero attached hydrogens (tertiary/aromatic N) is 2. The molecule has 4 rings (SSSR count). The van der Waals surface area contributed by atoms with E-state index in [4.69, 9.17) is 13.9 Å². The predicted molar refractivity (Wildman–Crippen MR) is 107 cm³/mol. The zero-order valence-electron chi connectivity index (χ0n) is 16.8. The highest BCUT2D eigenvalue weighted by molar-refractivity contribution is 6.23. The third-order valence-electron chi connectivity index (χ3n) is 5.32. The second-order valence-electron chi connectivity index (χ2n) is 7.28. The van der Waals surface area contributed by atoms with Gasteiger partial charge in [0.1, 0.15) is 11.8 Å². The van der Waals surface area contributed by atoms with Crippen LogP contribution in [0.3, 0.4) is 0 Å². The molecule has 1 aromatic carbocycles. The molecular formula is C22H24N2O6. The van der Waals surface area contributed by atoms with Crippen LogP contribution < -0.4 is 9.64 Å². The lowest BCUT2D eigenvalue weighted by Gasteiger charge is -2.29. The van der Waals surface area contributed by atoms with Crippen molar-refractivity contribution in [3.05, 3.63) is 48.4 Å². The summed E-state index contributed by atoms with van der Waals surface area (Å²) in [6, 6.07) is 9.03. The van der Waals surface area contributed by atoms with Crippen molar-refractivity contribution in [1.82, 2.24) is 4.90 Å². The minimum absolute atomic E-state index is 0.0782. The van der Waals surface area contributed by atoms with Gasteiger partial charge in [-0.25, -0.2) is 4.90 Å². The van der Waals surface area contributed by atoms with Crippen LogP contribution >= 0.6 is 0 Å². The average Bonchev–Trinajstić information content (AvgIpc) is 3.49. The number of hydrogen-bond acceptors (Lipinski definition) is 6. The normalized spacial score (nSPS) is 21.3. The van der Waals surface area contributed by atoms with Crippen molar-refractivity contribution in [3.63, 3.8) is 0 Å². The molecule has 2 aromatic rings. The summed E-state index contributed by atoms with van der Waals surface area (Å²) in [6.07, 6.45) is 2.88. The van der Waals surface area contributed by atoms with Gasteiger partial charge in [0.15, 0.2) is 5.76 Å². The SMILES string of the molecule is CCOc1ccc(N2C(=O)CC(N(CC3CCCO3)C(=O)c3ccco3)C2=O)cc1. The summed E-state index contributed by atoms with van der Waals surface area (Å²) in [5, 5.41) is 0. The first-order valence-corrected chi connectivity index (χ1v) is 10.1. The van der Waals surface area contributed by atoms with Crippen LogP contribution in [0.2, 0.25) is 0 Å². The Kier molecular flexibility index (Phi) is 5.85. The second kappa shape index (κ2) is 8.71. The van der Waals surface area contributed by atoms with E-state index in [9.17, 15) is 14.4 Å². The van der Waals surface area contributed by atoms with Gasteiger partial charge >= 0.3 is 0 Å². The van der Waals surface area contributed by atoms with Gasteiger partial charge in [-0.3, -0.25) is 14.4 Å². The van der Waals surface area contributed by atoms with Gasteiger partial charge in [-0.05, 0) is 56.2 Å². The molecule has 2 unspecified atom stereocenters. The van der Waals surface area contributed by atoms with Crippen LogP contribution in [-0.4, -0.2) is 54.5 Å². The van der Waals surface area contributed by atoms with Crippen LogP contribution in [0.1, 0.15) is 36.7 Å². The molecule has 0 spiro atoms. The Balaban J connectivity index is 1.58. The van der Waals surface area contributed by atoms with Gasteiger partial charge in [0.25, 0.3) is 11.8 Å². The lowest BCUT2D eigenvalue weighted by atomic mass is 10.1. The number of rotatable bonds is 7. The first-order chi connectivity index (χ1) is 14.6. The summed E-state index contributed by atoms with van der Waals surface area (Å²) < 4.78 is 16.3.